The molecule has 2 N–H and O–H groups in total. The molecular formula is C18H20ClN3O. The Kier molecular flexibility index (Phi) is 4.55. The molecule has 23 heavy (non-hydrogen) atoms. The first-order valence-electron chi connectivity index (χ1n) is 7.75. The van der Waals surface area contributed by atoms with E-state index in [9.17, 15) is 5.11 Å². The number of aliphatic hydroxyl groups excluding tert-OH is 1. The molecule has 1 aromatic heterocycles. The molecule has 3 rings (SSSR count). The number of nitrogens with zero attached hydrogens (tertiary/aromatic N) is 2. The summed E-state index contributed by atoms with van der Waals surface area (Å²) in [6.45, 7) is 5.03. The van der Waals surface area contributed by atoms with Gasteiger partial charge in [-0.25, -0.2) is 4.98 Å². The summed E-state index contributed by atoms with van der Waals surface area (Å²) in [6.07, 6.45) is 0. The molecule has 0 bridgehead atoms. The number of fused-ring (bicyclic) bond motifs is 1. The molecule has 0 aliphatic carbocycles. The van der Waals surface area contributed by atoms with E-state index in [0.29, 0.717) is 5.02 Å². The SMILES string of the molecule is CCn1c(C(C)Nc2cc(CO)ccc2Cl)nc2ccccc21. The number of aromatic nitrogens is 2. The van der Waals surface area contributed by atoms with E-state index in [2.05, 4.69) is 29.8 Å². The number of aliphatic hydroxyl groups is 1. The standard InChI is InChI=1S/C18H20ClN3O/c1-3-22-17-7-5-4-6-15(17)21-18(22)12(2)20-16-10-13(11-23)8-9-14(16)19/h4-10,12,20,23H,3,11H2,1-2H3. The molecule has 1 heterocycles. The maximum Gasteiger partial charge on any atom is 0.132 e. The van der Waals surface area contributed by atoms with Crippen molar-refractivity contribution in [1.29, 1.82) is 0 Å². The highest BCUT2D eigenvalue weighted by molar-refractivity contribution is 6.33. The van der Waals surface area contributed by atoms with E-state index in [1.165, 1.54) is 0 Å². The molecule has 5 heteroatoms. The van der Waals surface area contributed by atoms with E-state index in [1.54, 1.807) is 6.07 Å². The lowest BCUT2D eigenvalue weighted by molar-refractivity contribution is 0.282. The van der Waals surface area contributed by atoms with Gasteiger partial charge in [0.15, 0.2) is 0 Å². The number of anilines is 1. The van der Waals surface area contributed by atoms with E-state index in [1.807, 2.05) is 30.3 Å². The zero-order valence-corrected chi connectivity index (χ0v) is 14.0. The number of aryl methyl sites for hydroxylation is 1. The van der Waals surface area contributed by atoms with E-state index >= 15 is 0 Å². The molecule has 0 saturated carbocycles. The summed E-state index contributed by atoms with van der Waals surface area (Å²) in [5, 5.41) is 13.3. The topological polar surface area (TPSA) is 50.1 Å². The minimum absolute atomic E-state index is 0.00575. The third-order valence-corrected chi connectivity index (χ3v) is 4.30. The third kappa shape index (κ3) is 3.05. The number of hydrogen-bond donors (Lipinski definition) is 2. The molecule has 0 aliphatic heterocycles. The largest absolute Gasteiger partial charge is 0.392 e. The van der Waals surface area contributed by atoms with Crippen molar-refractivity contribution < 1.29 is 5.11 Å². The van der Waals surface area contributed by atoms with Crippen LogP contribution >= 0.6 is 11.6 Å². The van der Waals surface area contributed by atoms with Crippen LogP contribution in [-0.2, 0) is 13.2 Å². The molecule has 0 radical (unpaired) electrons. The summed E-state index contributed by atoms with van der Waals surface area (Å²) in [7, 11) is 0. The highest BCUT2D eigenvalue weighted by atomic mass is 35.5. The first-order valence-corrected chi connectivity index (χ1v) is 8.12. The van der Waals surface area contributed by atoms with Crippen molar-refractivity contribution >= 4 is 28.3 Å². The van der Waals surface area contributed by atoms with Crippen LogP contribution in [0.4, 0.5) is 5.69 Å². The van der Waals surface area contributed by atoms with Gasteiger partial charge in [-0.2, -0.15) is 0 Å². The fourth-order valence-corrected chi connectivity index (χ4v) is 3.01. The lowest BCUT2D eigenvalue weighted by Gasteiger charge is -2.18. The highest BCUT2D eigenvalue weighted by Crippen LogP contribution is 2.28. The van der Waals surface area contributed by atoms with Crippen LogP contribution in [0.25, 0.3) is 11.0 Å². The average molecular weight is 330 g/mol. The van der Waals surface area contributed by atoms with Crippen molar-refractivity contribution in [2.24, 2.45) is 0 Å². The molecule has 2 aromatic carbocycles. The van der Waals surface area contributed by atoms with Gasteiger partial charge in [-0.3, -0.25) is 0 Å². The summed E-state index contributed by atoms with van der Waals surface area (Å²) in [6, 6.07) is 13.6. The quantitative estimate of drug-likeness (QED) is 0.730. The fourth-order valence-electron chi connectivity index (χ4n) is 2.84. The molecule has 0 saturated heterocycles. The number of hydrogen-bond acceptors (Lipinski definition) is 3. The van der Waals surface area contributed by atoms with Crippen molar-refractivity contribution in [3.8, 4) is 0 Å². The number of rotatable bonds is 5. The van der Waals surface area contributed by atoms with Crippen LogP contribution in [-0.4, -0.2) is 14.7 Å². The third-order valence-electron chi connectivity index (χ3n) is 3.97. The van der Waals surface area contributed by atoms with Crippen molar-refractivity contribution in [2.75, 3.05) is 5.32 Å². The second-order valence-electron chi connectivity index (χ2n) is 5.54. The molecule has 4 nitrogen and oxygen atoms in total. The lowest BCUT2D eigenvalue weighted by Crippen LogP contribution is -2.13. The normalized spacial score (nSPS) is 12.5. The Morgan fingerprint density at radius 1 is 1.26 bits per heavy atom. The molecule has 3 aromatic rings. The lowest BCUT2D eigenvalue weighted by atomic mass is 10.2. The summed E-state index contributed by atoms with van der Waals surface area (Å²) in [5.41, 5.74) is 3.76. The summed E-state index contributed by atoms with van der Waals surface area (Å²) < 4.78 is 2.21. The van der Waals surface area contributed by atoms with Gasteiger partial charge in [0.25, 0.3) is 0 Å². The first kappa shape index (κ1) is 15.8. The van der Waals surface area contributed by atoms with E-state index < -0.39 is 0 Å². The highest BCUT2D eigenvalue weighted by Gasteiger charge is 2.16. The van der Waals surface area contributed by atoms with Gasteiger partial charge < -0.3 is 15.0 Å². The average Bonchev–Trinajstić information content (AvgIpc) is 2.95. The van der Waals surface area contributed by atoms with Crippen molar-refractivity contribution in [1.82, 2.24) is 9.55 Å². The summed E-state index contributed by atoms with van der Waals surface area (Å²) in [4.78, 5) is 4.76. The maximum absolute atomic E-state index is 9.29. The second-order valence-corrected chi connectivity index (χ2v) is 5.95. The number of benzene rings is 2. The van der Waals surface area contributed by atoms with Crippen molar-refractivity contribution in [3.63, 3.8) is 0 Å². The maximum atomic E-state index is 9.29. The van der Waals surface area contributed by atoms with Gasteiger partial charge in [0.1, 0.15) is 5.82 Å². The predicted molar refractivity (Wildman–Crippen MR) is 94.8 cm³/mol. The van der Waals surface area contributed by atoms with Crippen LogP contribution < -0.4 is 5.32 Å². The first-order chi connectivity index (χ1) is 11.1. The second kappa shape index (κ2) is 6.60. The minimum atomic E-state index is -0.00625. The smallest absolute Gasteiger partial charge is 0.132 e. The van der Waals surface area contributed by atoms with Gasteiger partial charge in [-0.15, -0.1) is 0 Å². The Bertz CT molecular complexity index is 828. The van der Waals surface area contributed by atoms with Gasteiger partial charge in [0.05, 0.1) is 34.4 Å². The van der Waals surface area contributed by atoms with Gasteiger partial charge >= 0.3 is 0 Å². The van der Waals surface area contributed by atoms with Crippen LogP contribution in [0.15, 0.2) is 42.5 Å². The number of halogens is 1. The van der Waals surface area contributed by atoms with Gasteiger partial charge in [0, 0.05) is 6.54 Å². The Hall–Kier alpha value is -2.04. The number of para-hydroxylation sites is 2. The fraction of sp³-hybridized carbons (Fsp3) is 0.278. The van der Waals surface area contributed by atoms with Gasteiger partial charge in [-0.1, -0.05) is 29.8 Å². The minimum Gasteiger partial charge on any atom is -0.392 e. The molecule has 120 valence electrons. The van der Waals surface area contributed by atoms with Crippen molar-refractivity contribution in [2.45, 2.75) is 33.0 Å². The zero-order valence-electron chi connectivity index (χ0n) is 13.3. The molecule has 0 fully saturated rings. The van der Waals surface area contributed by atoms with E-state index in [0.717, 1.165) is 34.7 Å². The van der Waals surface area contributed by atoms with Gasteiger partial charge in [-0.05, 0) is 43.7 Å². The Labute approximate surface area is 140 Å². The summed E-state index contributed by atoms with van der Waals surface area (Å²) in [5.74, 6) is 0.971. The number of nitrogens with one attached hydrogen (secondary N) is 1. The molecule has 1 unspecified atom stereocenters. The van der Waals surface area contributed by atoms with Crippen LogP contribution in [0.5, 0.6) is 0 Å². The zero-order chi connectivity index (χ0) is 16.4. The molecule has 1 atom stereocenters. The van der Waals surface area contributed by atoms with Crippen LogP contribution in [0, 0.1) is 0 Å². The van der Waals surface area contributed by atoms with E-state index in [-0.39, 0.29) is 12.6 Å². The molecule has 0 aliphatic rings. The van der Waals surface area contributed by atoms with Crippen LogP contribution in [0.2, 0.25) is 5.02 Å². The van der Waals surface area contributed by atoms with Crippen molar-refractivity contribution in [3.05, 3.63) is 58.9 Å². The molecule has 0 spiro atoms. The van der Waals surface area contributed by atoms with Gasteiger partial charge in [0.2, 0.25) is 0 Å². The summed E-state index contributed by atoms with van der Waals surface area (Å²) >= 11 is 6.27. The van der Waals surface area contributed by atoms with E-state index in [4.69, 9.17) is 16.6 Å². The Balaban J connectivity index is 1.96. The van der Waals surface area contributed by atoms with Crippen LogP contribution in [0.1, 0.15) is 31.3 Å². The number of imidazole rings is 1. The Morgan fingerprint density at radius 3 is 2.78 bits per heavy atom. The molecule has 0 amide bonds. The predicted octanol–water partition coefficient (Wildman–Crippen LogP) is 4.38. The van der Waals surface area contributed by atoms with Crippen LogP contribution in [0.3, 0.4) is 0 Å². The Morgan fingerprint density at radius 2 is 2.04 bits per heavy atom. The molecular weight excluding hydrogens is 310 g/mol. The monoisotopic (exact) mass is 329 g/mol.